The number of ether oxygens (including phenoxy) is 2. The van der Waals surface area contributed by atoms with Gasteiger partial charge in [-0.05, 0) is 62.0 Å². The lowest BCUT2D eigenvalue weighted by atomic mass is 9.45. The van der Waals surface area contributed by atoms with E-state index in [1.54, 1.807) is 0 Å². The second-order valence-corrected chi connectivity index (χ2v) is 11.6. The fourth-order valence-electron chi connectivity index (χ4n) is 7.86. The molecule has 5 rings (SSSR count). The van der Waals surface area contributed by atoms with Crippen LogP contribution in [0.15, 0.2) is 40.4 Å². The van der Waals surface area contributed by atoms with Crippen molar-refractivity contribution in [3.63, 3.8) is 0 Å². The number of allylic oxidation sites excluding steroid dienone is 4. The van der Waals surface area contributed by atoms with Crippen molar-refractivity contribution in [3.05, 3.63) is 47.5 Å². The minimum absolute atomic E-state index is 0.0312. The predicted molar refractivity (Wildman–Crippen MR) is 124 cm³/mol. The van der Waals surface area contributed by atoms with E-state index in [0.29, 0.717) is 12.1 Å². The summed E-state index contributed by atoms with van der Waals surface area (Å²) in [7, 11) is 0. The molecule has 0 amide bonds. The predicted octanol–water partition coefficient (Wildman–Crippen LogP) is 5.41. The molecule has 3 saturated carbocycles. The third-order valence-electron chi connectivity index (χ3n) is 9.64. The standard InChI is InChI=1S/C27H27F5O8/c1-12-8-14-15-10-17(28)16-9-13(33)6-7-23(16,2)25(15,29)19(34)11-24(14,3)26(12,40-22(36)37)39-21(35)18-4-5-20(38-18)27(30,31)32/h4-7,9,12,14-15,17,19,34H,8,10-11H2,1-3H3,(H,36,37)/t12-,14+,15+,17+,19+,23+,24+,25+,26+/m1/s1. The van der Waals surface area contributed by atoms with Crippen LogP contribution in [0.2, 0.25) is 0 Å². The van der Waals surface area contributed by atoms with Crippen LogP contribution in [0.5, 0.6) is 0 Å². The van der Waals surface area contributed by atoms with Crippen molar-refractivity contribution in [2.45, 2.75) is 69.9 Å². The van der Waals surface area contributed by atoms with Gasteiger partial charge in [0.2, 0.25) is 11.5 Å². The number of rotatable bonds is 3. The number of furan rings is 1. The number of carboxylic acid groups (broad SMARTS) is 1. The molecule has 9 atom stereocenters. The number of fused-ring (bicyclic) bond motifs is 5. The normalized spacial score (nSPS) is 42.4. The average Bonchev–Trinajstić information content (AvgIpc) is 3.41. The molecule has 13 heteroatoms. The smallest absolute Gasteiger partial charge is 0.450 e. The van der Waals surface area contributed by atoms with Gasteiger partial charge in [0.1, 0.15) is 6.17 Å². The van der Waals surface area contributed by atoms with Crippen LogP contribution in [0, 0.1) is 28.6 Å². The fourth-order valence-corrected chi connectivity index (χ4v) is 7.86. The first kappa shape index (κ1) is 28.3. The summed E-state index contributed by atoms with van der Waals surface area (Å²) in [5, 5.41) is 21.0. The van der Waals surface area contributed by atoms with Crippen molar-refractivity contribution in [2.24, 2.45) is 28.6 Å². The van der Waals surface area contributed by atoms with E-state index in [2.05, 4.69) is 4.42 Å². The molecule has 4 aliphatic carbocycles. The van der Waals surface area contributed by atoms with Crippen molar-refractivity contribution in [2.75, 3.05) is 0 Å². The van der Waals surface area contributed by atoms with E-state index in [0.717, 1.165) is 12.2 Å². The summed E-state index contributed by atoms with van der Waals surface area (Å²) in [6.45, 7) is 4.27. The number of halogens is 5. The van der Waals surface area contributed by atoms with E-state index in [-0.39, 0.29) is 12.0 Å². The summed E-state index contributed by atoms with van der Waals surface area (Å²) >= 11 is 0. The first-order valence-corrected chi connectivity index (χ1v) is 12.7. The number of hydrogen-bond donors (Lipinski definition) is 2. The molecule has 8 nitrogen and oxygen atoms in total. The van der Waals surface area contributed by atoms with E-state index in [9.17, 15) is 37.8 Å². The molecular formula is C27H27F5O8. The Morgan fingerprint density at radius 2 is 1.80 bits per heavy atom. The molecule has 0 saturated heterocycles. The van der Waals surface area contributed by atoms with Crippen molar-refractivity contribution >= 4 is 17.9 Å². The van der Waals surface area contributed by atoms with Crippen LogP contribution in [-0.2, 0) is 20.4 Å². The zero-order chi connectivity index (χ0) is 29.6. The van der Waals surface area contributed by atoms with Gasteiger partial charge in [-0.15, -0.1) is 0 Å². The van der Waals surface area contributed by atoms with Gasteiger partial charge in [-0.2, -0.15) is 13.2 Å². The Bertz CT molecular complexity index is 1330. The molecule has 3 fully saturated rings. The van der Waals surface area contributed by atoms with Crippen molar-refractivity contribution in [1.82, 2.24) is 0 Å². The molecule has 4 aliphatic rings. The minimum atomic E-state index is -4.91. The molecule has 0 unspecified atom stereocenters. The van der Waals surface area contributed by atoms with Crippen LogP contribution >= 0.6 is 0 Å². The van der Waals surface area contributed by atoms with Gasteiger partial charge in [0.15, 0.2) is 11.5 Å². The van der Waals surface area contributed by atoms with Gasteiger partial charge in [-0.1, -0.05) is 19.9 Å². The summed E-state index contributed by atoms with van der Waals surface area (Å²) in [6.07, 6.45) is -8.04. The summed E-state index contributed by atoms with van der Waals surface area (Å²) in [4.78, 5) is 36.9. The number of aliphatic hydroxyl groups excluding tert-OH is 1. The van der Waals surface area contributed by atoms with Crippen LogP contribution in [0.25, 0.3) is 0 Å². The highest BCUT2D eigenvalue weighted by Gasteiger charge is 2.78. The molecule has 1 aromatic rings. The van der Waals surface area contributed by atoms with Crippen molar-refractivity contribution in [1.29, 1.82) is 0 Å². The fraction of sp³-hybridized carbons (Fsp3) is 0.593. The lowest BCUT2D eigenvalue weighted by Crippen LogP contribution is -2.70. The van der Waals surface area contributed by atoms with Gasteiger partial charge >= 0.3 is 18.3 Å². The van der Waals surface area contributed by atoms with Gasteiger partial charge in [0, 0.05) is 17.3 Å². The third kappa shape index (κ3) is 3.61. The Morgan fingerprint density at radius 3 is 2.40 bits per heavy atom. The maximum atomic E-state index is 17.3. The SMILES string of the molecule is C[C@@H]1C[C@H]2[C@@H]3C[C@H](F)C4=CC(=O)C=C[C@]4(C)[C@@]3(F)[C@@H](O)C[C@]2(C)[C@]1(OC(=O)O)OC(=O)c1ccc(C(F)(F)F)o1. The number of aliphatic hydroxyl groups is 1. The maximum absolute atomic E-state index is 17.3. The van der Waals surface area contributed by atoms with Gasteiger partial charge < -0.3 is 24.1 Å². The van der Waals surface area contributed by atoms with Crippen LogP contribution in [0.1, 0.15) is 56.3 Å². The second-order valence-electron chi connectivity index (χ2n) is 11.6. The highest BCUT2D eigenvalue weighted by Crippen LogP contribution is 2.71. The molecule has 2 N–H and O–H groups in total. The molecule has 40 heavy (non-hydrogen) atoms. The summed E-state index contributed by atoms with van der Waals surface area (Å²) < 4.78 is 87.3. The van der Waals surface area contributed by atoms with E-state index in [1.807, 2.05) is 0 Å². The van der Waals surface area contributed by atoms with Crippen LogP contribution in [-0.4, -0.2) is 51.9 Å². The molecule has 1 heterocycles. The highest BCUT2D eigenvalue weighted by molar-refractivity contribution is 6.01. The largest absolute Gasteiger partial charge is 0.509 e. The van der Waals surface area contributed by atoms with E-state index < -0.39 is 101 Å². The number of hydrogen-bond acceptors (Lipinski definition) is 7. The van der Waals surface area contributed by atoms with Crippen LogP contribution in [0.3, 0.4) is 0 Å². The Labute approximate surface area is 224 Å². The second kappa shape index (κ2) is 8.64. The molecule has 1 aromatic heterocycles. The van der Waals surface area contributed by atoms with Crippen molar-refractivity contribution in [3.8, 4) is 0 Å². The number of carbonyl (C=O) groups is 3. The molecule has 0 spiro atoms. The zero-order valence-corrected chi connectivity index (χ0v) is 21.6. The summed E-state index contributed by atoms with van der Waals surface area (Å²) in [6, 6.07) is 1.21. The zero-order valence-electron chi connectivity index (χ0n) is 21.6. The molecule has 0 bridgehead atoms. The topological polar surface area (TPSA) is 123 Å². The maximum Gasteiger partial charge on any atom is 0.509 e. The Kier molecular flexibility index (Phi) is 6.12. The first-order chi connectivity index (χ1) is 18.4. The molecule has 0 radical (unpaired) electrons. The Hall–Kier alpha value is -3.22. The van der Waals surface area contributed by atoms with E-state index in [1.165, 1.54) is 26.8 Å². The van der Waals surface area contributed by atoms with E-state index in [4.69, 9.17) is 9.47 Å². The van der Waals surface area contributed by atoms with Gasteiger partial charge in [-0.3, -0.25) is 4.79 Å². The molecular weight excluding hydrogens is 547 g/mol. The van der Waals surface area contributed by atoms with Crippen LogP contribution in [0.4, 0.5) is 26.7 Å². The summed E-state index contributed by atoms with van der Waals surface area (Å²) in [5.74, 6) is -9.87. The van der Waals surface area contributed by atoms with Gasteiger partial charge in [-0.25, -0.2) is 18.4 Å². The van der Waals surface area contributed by atoms with Gasteiger partial charge in [0.25, 0.3) is 5.79 Å². The monoisotopic (exact) mass is 574 g/mol. The minimum Gasteiger partial charge on any atom is -0.450 e. The molecule has 218 valence electrons. The van der Waals surface area contributed by atoms with Gasteiger partial charge in [0.05, 0.1) is 11.5 Å². The average molecular weight is 574 g/mol. The lowest BCUT2D eigenvalue weighted by molar-refractivity contribution is -0.290. The number of ketones is 1. The van der Waals surface area contributed by atoms with E-state index >= 15 is 8.78 Å². The Morgan fingerprint density at radius 1 is 1.12 bits per heavy atom. The first-order valence-electron chi connectivity index (χ1n) is 12.7. The van der Waals surface area contributed by atoms with Crippen LogP contribution < -0.4 is 0 Å². The lowest BCUT2D eigenvalue weighted by Gasteiger charge is -2.62. The number of alkyl halides is 5. The summed E-state index contributed by atoms with van der Waals surface area (Å²) in [5.41, 5.74) is -5.94. The quantitative estimate of drug-likeness (QED) is 0.279. The Balaban J connectivity index is 1.58. The van der Waals surface area contributed by atoms with Crippen molar-refractivity contribution < 1.29 is 60.4 Å². The highest BCUT2D eigenvalue weighted by atomic mass is 19.4. The molecule has 0 aromatic carbocycles. The number of carbonyl (C=O) groups excluding carboxylic acids is 2. The number of esters is 1. The molecule has 0 aliphatic heterocycles. The third-order valence-corrected chi connectivity index (χ3v) is 9.64.